The number of nitrogens with zero attached hydrogens (tertiary/aromatic N) is 1. The molecule has 18 heavy (non-hydrogen) atoms. The van der Waals surface area contributed by atoms with Crippen LogP contribution in [0.3, 0.4) is 0 Å². The van der Waals surface area contributed by atoms with Crippen LogP contribution in [0.25, 0.3) is 0 Å². The van der Waals surface area contributed by atoms with Gasteiger partial charge in [-0.15, -0.1) is 0 Å². The van der Waals surface area contributed by atoms with E-state index < -0.39 is 0 Å². The van der Waals surface area contributed by atoms with E-state index in [1.807, 2.05) is 0 Å². The molecule has 1 aliphatic rings. The van der Waals surface area contributed by atoms with Gasteiger partial charge in [0.25, 0.3) is 0 Å². The summed E-state index contributed by atoms with van der Waals surface area (Å²) in [7, 11) is 1.68. The fraction of sp³-hybridized carbons (Fsp3) is 0.929. The van der Waals surface area contributed by atoms with E-state index in [0.717, 1.165) is 26.1 Å². The van der Waals surface area contributed by atoms with E-state index in [4.69, 9.17) is 4.74 Å². The fourth-order valence-corrected chi connectivity index (χ4v) is 2.59. The number of hydrogen-bond acceptors (Lipinski definition) is 3. The smallest absolute Gasteiger partial charge is 0.221 e. The van der Waals surface area contributed by atoms with E-state index in [1.54, 1.807) is 7.11 Å². The quantitative estimate of drug-likeness (QED) is 0.673. The van der Waals surface area contributed by atoms with Gasteiger partial charge in [-0.3, -0.25) is 9.69 Å². The van der Waals surface area contributed by atoms with E-state index in [0.29, 0.717) is 19.1 Å². The van der Waals surface area contributed by atoms with Crippen LogP contribution in [0, 0.1) is 0 Å². The molecule has 1 fully saturated rings. The third kappa shape index (κ3) is 5.83. The van der Waals surface area contributed by atoms with Gasteiger partial charge < -0.3 is 10.1 Å². The van der Waals surface area contributed by atoms with Crippen molar-refractivity contribution in [2.75, 3.05) is 33.4 Å². The number of piperidine rings is 1. The first-order valence-corrected chi connectivity index (χ1v) is 7.27. The van der Waals surface area contributed by atoms with Crippen molar-refractivity contribution in [1.82, 2.24) is 10.2 Å². The Hall–Kier alpha value is -0.610. The van der Waals surface area contributed by atoms with Crippen LogP contribution in [0.15, 0.2) is 0 Å². The third-order valence-electron chi connectivity index (χ3n) is 3.69. The van der Waals surface area contributed by atoms with E-state index >= 15 is 0 Å². The number of nitrogens with one attached hydrogen (secondary N) is 1. The molecule has 1 saturated heterocycles. The molecule has 0 saturated carbocycles. The van der Waals surface area contributed by atoms with Crippen molar-refractivity contribution < 1.29 is 9.53 Å². The first-order chi connectivity index (χ1) is 8.77. The molecule has 1 N–H and O–H groups in total. The molecular weight excluding hydrogens is 228 g/mol. The van der Waals surface area contributed by atoms with Crippen molar-refractivity contribution in [2.45, 2.75) is 51.5 Å². The summed E-state index contributed by atoms with van der Waals surface area (Å²) < 4.78 is 4.95. The number of ether oxygens (including phenoxy) is 1. The topological polar surface area (TPSA) is 41.6 Å². The Labute approximate surface area is 111 Å². The maximum atomic E-state index is 11.7. The predicted molar refractivity (Wildman–Crippen MR) is 73.6 cm³/mol. The normalized spacial score (nSPS) is 20.9. The average molecular weight is 256 g/mol. The zero-order valence-corrected chi connectivity index (χ0v) is 11.9. The summed E-state index contributed by atoms with van der Waals surface area (Å²) in [5, 5.41) is 2.94. The number of likely N-dealkylation sites (tertiary alicyclic amines) is 1. The van der Waals surface area contributed by atoms with Crippen LogP contribution in [-0.4, -0.2) is 50.2 Å². The molecule has 0 aromatic rings. The van der Waals surface area contributed by atoms with Crippen molar-refractivity contribution >= 4 is 5.91 Å². The SMILES string of the molecule is CCC1CCCCN1CCC(=O)NCCCOC. The van der Waals surface area contributed by atoms with Gasteiger partial charge >= 0.3 is 0 Å². The number of carbonyl (C=O) groups is 1. The largest absolute Gasteiger partial charge is 0.385 e. The zero-order valence-electron chi connectivity index (χ0n) is 11.9. The van der Waals surface area contributed by atoms with Crippen LogP contribution in [0.5, 0.6) is 0 Å². The van der Waals surface area contributed by atoms with Gasteiger partial charge in [0.15, 0.2) is 0 Å². The second kappa shape index (κ2) is 9.34. The van der Waals surface area contributed by atoms with Crippen LogP contribution in [0.1, 0.15) is 45.4 Å². The third-order valence-corrected chi connectivity index (χ3v) is 3.69. The molecule has 1 aliphatic heterocycles. The molecule has 0 aromatic heterocycles. The fourth-order valence-electron chi connectivity index (χ4n) is 2.59. The first kappa shape index (κ1) is 15.4. The molecule has 0 radical (unpaired) electrons. The van der Waals surface area contributed by atoms with E-state index in [2.05, 4.69) is 17.1 Å². The van der Waals surface area contributed by atoms with Crippen molar-refractivity contribution in [3.63, 3.8) is 0 Å². The van der Waals surface area contributed by atoms with Crippen LogP contribution in [0.4, 0.5) is 0 Å². The van der Waals surface area contributed by atoms with Gasteiger partial charge in [-0.25, -0.2) is 0 Å². The number of hydrogen-bond donors (Lipinski definition) is 1. The minimum atomic E-state index is 0.173. The summed E-state index contributed by atoms with van der Waals surface area (Å²) in [5.41, 5.74) is 0. The lowest BCUT2D eigenvalue weighted by Gasteiger charge is -2.35. The van der Waals surface area contributed by atoms with E-state index in [9.17, 15) is 4.79 Å². The summed E-state index contributed by atoms with van der Waals surface area (Å²) in [6.45, 7) is 5.76. The first-order valence-electron chi connectivity index (χ1n) is 7.27. The molecule has 4 heteroatoms. The Morgan fingerprint density at radius 2 is 2.28 bits per heavy atom. The summed E-state index contributed by atoms with van der Waals surface area (Å²) >= 11 is 0. The molecule has 1 unspecified atom stereocenters. The van der Waals surface area contributed by atoms with Gasteiger partial charge in [-0.05, 0) is 32.2 Å². The van der Waals surface area contributed by atoms with Crippen molar-refractivity contribution in [2.24, 2.45) is 0 Å². The molecule has 0 aromatic carbocycles. The molecule has 4 nitrogen and oxygen atoms in total. The van der Waals surface area contributed by atoms with Gasteiger partial charge in [0.2, 0.25) is 5.91 Å². The highest BCUT2D eigenvalue weighted by Crippen LogP contribution is 2.19. The maximum absolute atomic E-state index is 11.7. The molecular formula is C14H28N2O2. The van der Waals surface area contributed by atoms with Crippen molar-refractivity contribution in [3.05, 3.63) is 0 Å². The van der Waals surface area contributed by atoms with Crippen LogP contribution < -0.4 is 5.32 Å². The number of amides is 1. The molecule has 0 aliphatic carbocycles. The Morgan fingerprint density at radius 3 is 3.00 bits per heavy atom. The average Bonchev–Trinajstić information content (AvgIpc) is 2.41. The standard InChI is InChI=1S/C14H28N2O2/c1-3-13-7-4-5-10-16(13)11-8-14(17)15-9-6-12-18-2/h13H,3-12H2,1-2H3,(H,15,17). The minimum absolute atomic E-state index is 0.173. The second-order valence-electron chi connectivity index (χ2n) is 5.04. The lowest BCUT2D eigenvalue weighted by Crippen LogP contribution is -2.41. The summed E-state index contributed by atoms with van der Waals surface area (Å²) in [5.74, 6) is 0.173. The summed E-state index contributed by atoms with van der Waals surface area (Å²) in [4.78, 5) is 14.1. The van der Waals surface area contributed by atoms with Gasteiger partial charge in [0.1, 0.15) is 0 Å². The minimum Gasteiger partial charge on any atom is -0.385 e. The molecule has 0 spiro atoms. The Bertz CT molecular complexity index is 234. The van der Waals surface area contributed by atoms with E-state index in [-0.39, 0.29) is 5.91 Å². The zero-order chi connectivity index (χ0) is 13.2. The maximum Gasteiger partial charge on any atom is 0.221 e. The highest BCUT2D eigenvalue weighted by molar-refractivity contribution is 5.76. The van der Waals surface area contributed by atoms with Crippen LogP contribution in [-0.2, 0) is 9.53 Å². The van der Waals surface area contributed by atoms with E-state index in [1.165, 1.54) is 25.7 Å². The number of rotatable bonds is 8. The summed E-state index contributed by atoms with van der Waals surface area (Å²) in [6, 6.07) is 0.694. The lowest BCUT2D eigenvalue weighted by atomic mass is 10.00. The van der Waals surface area contributed by atoms with Gasteiger partial charge in [0.05, 0.1) is 0 Å². The highest BCUT2D eigenvalue weighted by Gasteiger charge is 2.20. The Kier molecular flexibility index (Phi) is 8.01. The van der Waals surface area contributed by atoms with Gasteiger partial charge in [0, 0.05) is 39.3 Å². The molecule has 106 valence electrons. The molecule has 1 heterocycles. The molecule has 0 bridgehead atoms. The second-order valence-corrected chi connectivity index (χ2v) is 5.04. The molecule has 1 atom stereocenters. The van der Waals surface area contributed by atoms with Crippen molar-refractivity contribution in [3.8, 4) is 0 Å². The van der Waals surface area contributed by atoms with Crippen LogP contribution in [0.2, 0.25) is 0 Å². The number of methoxy groups -OCH3 is 1. The predicted octanol–water partition coefficient (Wildman–Crippen LogP) is 1.79. The van der Waals surface area contributed by atoms with Gasteiger partial charge in [-0.1, -0.05) is 13.3 Å². The highest BCUT2D eigenvalue weighted by atomic mass is 16.5. The lowest BCUT2D eigenvalue weighted by molar-refractivity contribution is -0.121. The monoisotopic (exact) mass is 256 g/mol. The Morgan fingerprint density at radius 1 is 1.44 bits per heavy atom. The van der Waals surface area contributed by atoms with Crippen molar-refractivity contribution in [1.29, 1.82) is 0 Å². The Balaban J connectivity index is 2.12. The van der Waals surface area contributed by atoms with Crippen LogP contribution >= 0.6 is 0 Å². The van der Waals surface area contributed by atoms with Gasteiger partial charge in [-0.2, -0.15) is 0 Å². The summed E-state index contributed by atoms with van der Waals surface area (Å²) in [6.07, 6.45) is 6.65. The molecule has 1 amide bonds. The number of carbonyl (C=O) groups excluding carboxylic acids is 1. The molecule has 1 rings (SSSR count).